The minimum absolute atomic E-state index is 0.0294. The molecule has 2 rings (SSSR count). The molecule has 1 saturated heterocycles. The number of benzene rings is 1. The van der Waals surface area contributed by atoms with Gasteiger partial charge in [0.05, 0.1) is 11.5 Å². The van der Waals surface area contributed by atoms with Gasteiger partial charge < -0.3 is 0 Å². The molecule has 1 heterocycles. The number of Topliss-reactive ketones (excluding diaryl/α,β-unsaturated/α-hetero) is 1. The standard InChI is InChI=1S/C11H11ClO3S/c12-10-3-1-2-8(6-10)11(13)9-4-5-16(14,15)7-9/h1-3,6,9H,4-5,7H2. The Morgan fingerprint density at radius 1 is 1.38 bits per heavy atom. The van der Waals surface area contributed by atoms with Crippen LogP contribution in [-0.2, 0) is 9.84 Å². The van der Waals surface area contributed by atoms with E-state index in [0.29, 0.717) is 17.0 Å². The van der Waals surface area contributed by atoms with Crippen LogP contribution in [0.3, 0.4) is 0 Å². The Kier molecular flexibility index (Phi) is 3.04. The largest absolute Gasteiger partial charge is 0.294 e. The maximum atomic E-state index is 12.0. The number of halogens is 1. The average Bonchev–Trinajstić information content (AvgIpc) is 2.58. The summed E-state index contributed by atoms with van der Waals surface area (Å²) in [6.07, 6.45) is 0.424. The highest BCUT2D eigenvalue weighted by Crippen LogP contribution is 2.23. The summed E-state index contributed by atoms with van der Waals surface area (Å²) in [7, 11) is -3.01. The molecule has 1 aromatic rings. The number of carbonyl (C=O) groups excluding carboxylic acids is 1. The molecule has 1 fully saturated rings. The van der Waals surface area contributed by atoms with Gasteiger partial charge in [-0.05, 0) is 18.6 Å². The van der Waals surface area contributed by atoms with Gasteiger partial charge in [0.25, 0.3) is 0 Å². The lowest BCUT2D eigenvalue weighted by Gasteiger charge is -2.06. The molecule has 1 unspecified atom stereocenters. The molecule has 3 nitrogen and oxygen atoms in total. The van der Waals surface area contributed by atoms with Crippen molar-refractivity contribution >= 4 is 27.2 Å². The number of sulfone groups is 1. The average molecular weight is 259 g/mol. The van der Waals surface area contributed by atoms with Crippen LogP contribution >= 0.6 is 11.6 Å². The van der Waals surface area contributed by atoms with Crippen molar-refractivity contribution in [2.24, 2.45) is 5.92 Å². The molecule has 0 aliphatic carbocycles. The maximum absolute atomic E-state index is 12.0. The molecule has 0 aromatic heterocycles. The number of rotatable bonds is 2. The van der Waals surface area contributed by atoms with Crippen LogP contribution < -0.4 is 0 Å². The molecule has 16 heavy (non-hydrogen) atoms. The lowest BCUT2D eigenvalue weighted by Crippen LogP contribution is -2.16. The summed E-state index contributed by atoms with van der Waals surface area (Å²) in [4.78, 5) is 12.0. The highest BCUT2D eigenvalue weighted by Gasteiger charge is 2.33. The Balaban J connectivity index is 2.21. The van der Waals surface area contributed by atoms with Gasteiger partial charge in [0.1, 0.15) is 0 Å². The first kappa shape index (κ1) is 11.6. The second-order valence-corrected chi connectivity index (χ2v) is 6.64. The fraction of sp³-hybridized carbons (Fsp3) is 0.364. The number of ketones is 1. The van der Waals surface area contributed by atoms with Crippen LogP contribution in [-0.4, -0.2) is 25.7 Å². The summed E-state index contributed by atoms with van der Waals surface area (Å²) in [5.41, 5.74) is 0.495. The van der Waals surface area contributed by atoms with E-state index in [0.717, 1.165) is 0 Å². The molecule has 5 heteroatoms. The molecule has 86 valence electrons. The van der Waals surface area contributed by atoms with Crippen LogP contribution in [0.25, 0.3) is 0 Å². The van der Waals surface area contributed by atoms with Crippen molar-refractivity contribution in [3.8, 4) is 0 Å². The molecule has 0 bridgehead atoms. The molecule has 0 N–H and O–H groups in total. The SMILES string of the molecule is O=C(c1cccc(Cl)c1)C1CCS(=O)(=O)C1. The molecule has 0 amide bonds. The van der Waals surface area contributed by atoms with Crippen LogP contribution in [0.1, 0.15) is 16.8 Å². The van der Waals surface area contributed by atoms with E-state index in [2.05, 4.69) is 0 Å². The summed E-state index contributed by atoms with van der Waals surface area (Å²) in [6, 6.07) is 6.62. The van der Waals surface area contributed by atoms with Crippen molar-refractivity contribution in [3.63, 3.8) is 0 Å². The topological polar surface area (TPSA) is 51.2 Å². The highest BCUT2D eigenvalue weighted by molar-refractivity contribution is 7.91. The maximum Gasteiger partial charge on any atom is 0.167 e. The lowest BCUT2D eigenvalue weighted by atomic mass is 9.97. The first-order chi connectivity index (χ1) is 7.48. The quantitative estimate of drug-likeness (QED) is 0.762. The Morgan fingerprint density at radius 2 is 2.12 bits per heavy atom. The van der Waals surface area contributed by atoms with Crippen molar-refractivity contribution in [2.45, 2.75) is 6.42 Å². The smallest absolute Gasteiger partial charge is 0.167 e. The second-order valence-electron chi connectivity index (χ2n) is 3.97. The van der Waals surface area contributed by atoms with E-state index in [1.807, 2.05) is 0 Å². The zero-order valence-corrected chi connectivity index (χ0v) is 10.1. The third kappa shape index (κ3) is 2.44. The zero-order chi connectivity index (χ0) is 11.8. The van der Waals surface area contributed by atoms with Crippen molar-refractivity contribution in [1.29, 1.82) is 0 Å². The molecular weight excluding hydrogens is 248 g/mol. The third-order valence-corrected chi connectivity index (χ3v) is 4.72. The summed E-state index contributed by atoms with van der Waals surface area (Å²) >= 11 is 5.78. The fourth-order valence-electron chi connectivity index (χ4n) is 1.88. The van der Waals surface area contributed by atoms with Gasteiger partial charge in [0.2, 0.25) is 0 Å². The summed E-state index contributed by atoms with van der Waals surface area (Å²) in [5, 5.41) is 0.492. The third-order valence-electron chi connectivity index (χ3n) is 2.71. The van der Waals surface area contributed by atoms with E-state index in [9.17, 15) is 13.2 Å². The normalized spacial score (nSPS) is 23.2. The van der Waals surface area contributed by atoms with E-state index in [1.165, 1.54) is 0 Å². The molecule has 0 spiro atoms. The molecule has 1 aliphatic rings. The lowest BCUT2D eigenvalue weighted by molar-refractivity contribution is 0.0933. The molecule has 1 aromatic carbocycles. The van der Waals surface area contributed by atoms with Crippen LogP contribution in [0, 0.1) is 5.92 Å². The fourth-order valence-corrected chi connectivity index (χ4v) is 3.81. The van der Waals surface area contributed by atoms with Gasteiger partial charge >= 0.3 is 0 Å². The predicted molar refractivity (Wildman–Crippen MR) is 62.5 cm³/mol. The summed E-state index contributed by atoms with van der Waals surface area (Å²) in [6.45, 7) is 0. The first-order valence-corrected chi connectivity index (χ1v) is 7.18. The minimum atomic E-state index is -3.01. The minimum Gasteiger partial charge on any atom is -0.294 e. The van der Waals surface area contributed by atoms with Crippen LogP contribution in [0.5, 0.6) is 0 Å². The van der Waals surface area contributed by atoms with Crippen LogP contribution in [0.2, 0.25) is 5.02 Å². The number of hydrogen-bond acceptors (Lipinski definition) is 3. The number of carbonyl (C=O) groups is 1. The van der Waals surface area contributed by atoms with Gasteiger partial charge in [-0.1, -0.05) is 23.7 Å². The van der Waals surface area contributed by atoms with Gasteiger partial charge in [-0.2, -0.15) is 0 Å². The summed E-state index contributed by atoms with van der Waals surface area (Å²) < 4.78 is 22.5. The van der Waals surface area contributed by atoms with Crippen LogP contribution in [0.15, 0.2) is 24.3 Å². The van der Waals surface area contributed by atoms with Crippen LogP contribution in [0.4, 0.5) is 0 Å². The van der Waals surface area contributed by atoms with Crippen molar-refractivity contribution in [2.75, 3.05) is 11.5 Å². The van der Waals surface area contributed by atoms with E-state index >= 15 is 0 Å². The molecule has 1 atom stereocenters. The Hall–Kier alpha value is -0.870. The molecule has 1 aliphatic heterocycles. The molecule has 0 radical (unpaired) electrons. The van der Waals surface area contributed by atoms with E-state index in [-0.39, 0.29) is 17.3 Å². The van der Waals surface area contributed by atoms with Gasteiger partial charge in [0.15, 0.2) is 15.6 Å². The van der Waals surface area contributed by atoms with Crippen molar-refractivity contribution in [1.82, 2.24) is 0 Å². The van der Waals surface area contributed by atoms with Crippen molar-refractivity contribution in [3.05, 3.63) is 34.9 Å². The second kappa shape index (κ2) is 4.18. The summed E-state index contributed by atoms with van der Waals surface area (Å²) in [5.74, 6) is -0.436. The van der Waals surface area contributed by atoms with Gasteiger partial charge in [0, 0.05) is 16.5 Å². The monoisotopic (exact) mass is 258 g/mol. The Morgan fingerprint density at radius 3 is 2.69 bits per heavy atom. The zero-order valence-electron chi connectivity index (χ0n) is 8.52. The molecular formula is C11H11ClO3S. The van der Waals surface area contributed by atoms with Gasteiger partial charge in [-0.15, -0.1) is 0 Å². The predicted octanol–water partition coefficient (Wildman–Crippen LogP) is 1.96. The van der Waals surface area contributed by atoms with E-state index in [1.54, 1.807) is 24.3 Å². The van der Waals surface area contributed by atoms with Crippen molar-refractivity contribution < 1.29 is 13.2 Å². The highest BCUT2D eigenvalue weighted by atomic mass is 35.5. The van der Waals surface area contributed by atoms with Gasteiger partial charge in [-0.25, -0.2) is 8.42 Å². The number of hydrogen-bond donors (Lipinski definition) is 0. The Bertz CT molecular complexity index is 522. The van der Waals surface area contributed by atoms with E-state index in [4.69, 9.17) is 11.6 Å². The van der Waals surface area contributed by atoms with E-state index < -0.39 is 15.8 Å². The Labute approximate surface area is 99.3 Å². The first-order valence-electron chi connectivity index (χ1n) is 4.98. The van der Waals surface area contributed by atoms with Gasteiger partial charge in [-0.3, -0.25) is 4.79 Å². The molecule has 0 saturated carbocycles.